The van der Waals surface area contributed by atoms with Crippen LogP contribution in [-0.4, -0.2) is 23.0 Å². The second-order valence-electron chi connectivity index (χ2n) is 5.54. The molecule has 1 aromatic carbocycles. The number of hydrogen-bond donors (Lipinski definition) is 0. The molecule has 2 heterocycles. The average molecular weight is 317 g/mol. The number of rotatable bonds is 1. The minimum atomic E-state index is -4.52. The maximum atomic E-state index is 13.4. The molecule has 1 unspecified atom stereocenters. The Morgan fingerprint density at radius 2 is 1.91 bits per heavy atom. The largest absolute Gasteiger partial charge is 0.417 e. The highest BCUT2D eigenvalue weighted by molar-refractivity contribution is 5.76. The van der Waals surface area contributed by atoms with Crippen LogP contribution in [0, 0.1) is 11.3 Å². The van der Waals surface area contributed by atoms with Gasteiger partial charge in [-0.15, -0.1) is 0 Å². The summed E-state index contributed by atoms with van der Waals surface area (Å²) in [6.45, 7) is 1.91. The zero-order chi connectivity index (χ0) is 16.8. The highest BCUT2D eigenvalue weighted by Crippen LogP contribution is 2.41. The molecule has 0 fully saturated rings. The first kappa shape index (κ1) is 15.2. The molecule has 0 aliphatic carbocycles. The Hall–Kier alpha value is -2.68. The van der Waals surface area contributed by atoms with Crippen molar-refractivity contribution in [3.8, 4) is 6.07 Å². The van der Waals surface area contributed by atoms with E-state index < -0.39 is 11.7 Å². The van der Waals surface area contributed by atoms with E-state index in [0.29, 0.717) is 5.57 Å². The molecule has 2 aliphatic heterocycles. The van der Waals surface area contributed by atoms with Gasteiger partial charge >= 0.3 is 6.18 Å². The lowest BCUT2D eigenvalue weighted by Gasteiger charge is -2.36. The third-order valence-electron chi connectivity index (χ3n) is 4.07. The van der Waals surface area contributed by atoms with Crippen molar-refractivity contribution in [2.75, 3.05) is 7.05 Å². The van der Waals surface area contributed by atoms with E-state index in [1.807, 2.05) is 36.2 Å². The molecule has 0 N–H and O–H groups in total. The van der Waals surface area contributed by atoms with Crippen LogP contribution in [0.25, 0.3) is 5.57 Å². The first-order valence-corrected chi connectivity index (χ1v) is 7.01. The van der Waals surface area contributed by atoms with E-state index in [1.165, 1.54) is 12.1 Å². The Bertz CT molecular complexity index is 781. The molecular weight excluding hydrogens is 303 g/mol. The van der Waals surface area contributed by atoms with Crippen LogP contribution in [0.5, 0.6) is 0 Å². The normalized spacial score (nSPS) is 20.1. The number of nitrogens with zero attached hydrogens (tertiary/aromatic N) is 3. The predicted molar refractivity (Wildman–Crippen MR) is 80.4 cm³/mol. The molecule has 1 aromatic rings. The fourth-order valence-electron chi connectivity index (χ4n) is 2.93. The second kappa shape index (κ2) is 5.20. The number of benzene rings is 1. The van der Waals surface area contributed by atoms with Crippen LogP contribution in [0.4, 0.5) is 13.2 Å². The lowest BCUT2D eigenvalue weighted by atomic mass is 9.92. The lowest BCUT2D eigenvalue weighted by molar-refractivity contribution is -0.137. The maximum Gasteiger partial charge on any atom is 0.417 e. The predicted octanol–water partition coefficient (Wildman–Crippen LogP) is 3.92. The molecule has 2 aliphatic rings. The molecule has 0 bridgehead atoms. The Morgan fingerprint density at radius 1 is 1.17 bits per heavy atom. The molecule has 0 saturated heterocycles. The second-order valence-corrected chi connectivity index (χ2v) is 5.54. The van der Waals surface area contributed by atoms with E-state index in [-0.39, 0.29) is 17.3 Å². The molecule has 0 amide bonds. The summed E-state index contributed by atoms with van der Waals surface area (Å²) in [6, 6.07) is 5.48. The summed E-state index contributed by atoms with van der Waals surface area (Å²) >= 11 is 0. The summed E-state index contributed by atoms with van der Waals surface area (Å²) in [4.78, 5) is 3.79. The molecule has 0 saturated carbocycles. The van der Waals surface area contributed by atoms with Crippen molar-refractivity contribution in [1.82, 2.24) is 9.80 Å². The summed E-state index contributed by atoms with van der Waals surface area (Å²) in [6.07, 6.45) is 2.37. The molecule has 0 radical (unpaired) electrons. The summed E-state index contributed by atoms with van der Waals surface area (Å²) < 4.78 is 40.3. The van der Waals surface area contributed by atoms with Crippen LogP contribution in [0.15, 0.2) is 48.4 Å². The number of hydrogen-bond acceptors (Lipinski definition) is 3. The molecule has 118 valence electrons. The number of fused-ring (bicyclic) bond motifs is 1. The number of halogens is 3. The van der Waals surface area contributed by atoms with E-state index in [1.54, 1.807) is 18.2 Å². The van der Waals surface area contributed by atoms with Crippen molar-refractivity contribution in [3.05, 3.63) is 65.1 Å². The van der Waals surface area contributed by atoms with Gasteiger partial charge in [0, 0.05) is 30.7 Å². The number of likely N-dealkylation sites (N-methyl/N-ethyl adjacent to an activating group) is 1. The van der Waals surface area contributed by atoms with Gasteiger partial charge in [0.1, 0.15) is 6.17 Å². The van der Waals surface area contributed by atoms with Gasteiger partial charge in [0.05, 0.1) is 17.2 Å². The average Bonchev–Trinajstić information content (AvgIpc) is 2.90. The van der Waals surface area contributed by atoms with E-state index in [4.69, 9.17) is 5.26 Å². The Morgan fingerprint density at radius 3 is 2.57 bits per heavy atom. The Labute approximate surface area is 132 Å². The van der Waals surface area contributed by atoms with E-state index in [2.05, 4.69) is 0 Å². The van der Waals surface area contributed by atoms with Gasteiger partial charge in [0.15, 0.2) is 0 Å². The summed E-state index contributed by atoms with van der Waals surface area (Å²) in [7, 11) is 1.82. The minimum Gasteiger partial charge on any atom is -0.355 e. The third-order valence-corrected chi connectivity index (χ3v) is 4.07. The van der Waals surface area contributed by atoms with Gasteiger partial charge in [0.25, 0.3) is 0 Å². The molecule has 3 rings (SSSR count). The van der Waals surface area contributed by atoms with Crippen molar-refractivity contribution in [3.63, 3.8) is 0 Å². The number of alkyl halides is 3. The van der Waals surface area contributed by atoms with Crippen molar-refractivity contribution >= 4 is 5.57 Å². The SMILES string of the molecule is CC1=CC=C(c2ccc(C#N)cc2C(F)(F)F)C2N(C)C=CN12. The molecule has 6 heteroatoms. The van der Waals surface area contributed by atoms with Crippen LogP contribution in [0.3, 0.4) is 0 Å². The molecule has 0 spiro atoms. The van der Waals surface area contributed by atoms with Gasteiger partial charge in [-0.05, 0) is 30.7 Å². The first-order chi connectivity index (χ1) is 10.8. The van der Waals surface area contributed by atoms with Crippen LogP contribution in [0.1, 0.15) is 23.6 Å². The molecule has 3 nitrogen and oxygen atoms in total. The van der Waals surface area contributed by atoms with Crippen LogP contribution in [0.2, 0.25) is 0 Å². The Balaban J connectivity index is 2.17. The zero-order valence-corrected chi connectivity index (χ0v) is 12.6. The van der Waals surface area contributed by atoms with Gasteiger partial charge < -0.3 is 9.80 Å². The zero-order valence-electron chi connectivity index (χ0n) is 12.6. The number of nitriles is 1. The van der Waals surface area contributed by atoms with Gasteiger partial charge in [0.2, 0.25) is 0 Å². The molecule has 0 aromatic heterocycles. The fourth-order valence-corrected chi connectivity index (χ4v) is 2.93. The summed E-state index contributed by atoms with van der Waals surface area (Å²) in [5, 5.41) is 8.89. The monoisotopic (exact) mass is 317 g/mol. The fraction of sp³-hybridized carbons (Fsp3) is 0.235. The molecule has 23 heavy (non-hydrogen) atoms. The van der Waals surface area contributed by atoms with Gasteiger partial charge in [-0.25, -0.2) is 0 Å². The van der Waals surface area contributed by atoms with Crippen molar-refractivity contribution in [1.29, 1.82) is 5.26 Å². The van der Waals surface area contributed by atoms with Crippen LogP contribution < -0.4 is 0 Å². The van der Waals surface area contributed by atoms with Gasteiger partial charge in [-0.1, -0.05) is 12.1 Å². The van der Waals surface area contributed by atoms with Gasteiger partial charge in [-0.2, -0.15) is 18.4 Å². The Kier molecular flexibility index (Phi) is 3.44. The van der Waals surface area contributed by atoms with Gasteiger partial charge in [-0.3, -0.25) is 0 Å². The minimum absolute atomic E-state index is 0.000959. The topological polar surface area (TPSA) is 30.3 Å². The first-order valence-electron chi connectivity index (χ1n) is 7.01. The quantitative estimate of drug-likeness (QED) is 0.786. The van der Waals surface area contributed by atoms with Crippen molar-refractivity contribution in [2.24, 2.45) is 0 Å². The van der Waals surface area contributed by atoms with Crippen LogP contribution >= 0.6 is 0 Å². The standard InChI is InChI=1S/C17H14F3N3/c1-11-3-5-14(16-22(2)7-8-23(11)16)13-6-4-12(10-21)9-15(13)17(18,19)20/h3-9,16H,1-2H3. The molecular formula is C17H14F3N3. The smallest absolute Gasteiger partial charge is 0.355 e. The highest BCUT2D eigenvalue weighted by atomic mass is 19.4. The van der Waals surface area contributed by atoms with E-state index >= 15 is 0 Å². The molecule has 1 atom stereocenters. The lowest BCUT2D eigenvalue weighted by Crippen LogP contribution is -2.38. The van der Waals surface area contributed by atoms with E-state index in [9.17, 15) is 13.2 Å². The van der Waals surface area contributed by atoms with Crippen molar-refractivity contribution in [2.45, 2.75) is 19.3 Å². The van der Waals surface area contributed by atoms with Crippen molar-refractivity contribution < 1.29 is 13.2 Å². The van der Waals surface area contributed by atoms with Crippen LogP contribution in [-0.2, 0) is 6.18 Å². The highest BCUT2D eigenvalue weighted by Gasteiger charge is 2.38. The summed E-state index contributed by atoms with van der Waals surface area (Å²) in [5.74, 6) is 0. The van der Waals surface area contributed by atoms with E-state index in [0.717, 1.165) is 11.8 Å². The third kappa shape index (κ3) is 2.48. The maximum absolute atomic E-state index is 13.4. The summed E-state index contributed by atoms with van der Waals surface area (Å²) in [5.41, 5.74) is 0.835. The number of allylic oxidation sites excluding steroid dienone is 3.